The molecule has 24 heavy (non-hydrogen) atoms. The molecule has 120 valence electrons. The van der Waals surface area contributed by atoms with Gasteiger partial charge in [-0.1, -0.05) is 35.9 Å². The lowest BCUT2D eigenvalue weighted by atomic mass is 10.2. The Kier molecular flexibility index (Phi) is 4.63. The first-order valence-electron chi connectivity index (χ1n) is 7.26. The van der Waals surface area contributed by atoms with E-state index in [1.165, 1.54) is 12.3 Å². The van der Waals surface area contributed by atoms with E-state index in [4.69, 9.17) is 17.3 Å². The molecular formula is C18H15ClN4O. The minimum Gasteiger partial charge on any atom is -0.366 e. The molecule has 3 rings (SSSR count). The zero-order chi connectivity index (χ0) is 16.9. The van der Waals surface area contributed by atoms with Crippen molar-refractivity contribution in [3.05, 3.63) is 77.4 Å². The van der Waals surface area contributed by atoms with Crippen molar-refractivity contribution in [1.29, 1.82) is 0 Å². The number of hydrogen-bond acceptors (Lipinski definition) is 4. The molecule has 6 heteroatoms. The van der Waals surface area contributed by atoms with Crippen LogP contribution in [-0.2, 0) is 0 Å². The molecule has 1 aromatic heterocycles. The number of carbonyl (C=O) groups is 1. The monoisotopic (exact) mass is 338 g/mol. The summed E-state index contributed by atoms with van der Waals surface area (Å²) in [5.74, 6) is -0.108. The second kappa shape index (κ2) is 7.02. The minimum absolute atomic E-state index is 0.269. The highest BCUT2D eigenvalue weighted by Crippen LogP contribution is 2.26. The van der Waals surface area contributed by atoms with Crippen molar-refractivity contribution in [2.24, 2.45) is 5.73 Å². The first-order valence-corrected chi connectivity index (χ1v) is 7.64. The predicted molar refractivity (Wildman–Crippen MR) is 97.2 cm³/mol. The van der Waals surface area contributed by atoms with Gasteiger partial charge in [-0.2, -0.15) is 0 Å². The third-order valence-electron chi connectivity index (χ3n) is 3.31. The molecule has 0 aliphatic carbocycles. The number of benzene rings is 2. The Morgan fingerprint density at radius 3 is 2.25 bits per heavy atom. The van der Waals surface area contributed by atoms with E-state index in [9.17, 15) is 4.79 Å². The molecule has 0 saturated carbocycles. The molecular weight excluding hydrogens is 324 g/mol. The summed E-state index contributed by atoms with van der Waals surface area (Å²) in [4.78, 5) is 15.3. The predicted octanol–water partition coefficient (Wildman–Crippen LogP) is 4.32. The van der Waals surface area contributed by atoms with Crippen molar-refractivity contribution < 1.29 is 4.79 Å². The number of para-hydroxylation sites is 1. The van der Waals surface area contributed by atoms with Gasteiger partial charge in [-0.3, -0.25) is 4.79 Å². The van der Waals surface area contributed by atoms with Crippen LogP contribution in [0.4, 0.5) is 22.9 Å². The SMILES string of the molecule is NC(=O)c1cnc(Nc2cccc(Nc3ccccc3)c2)c(Cl)c1. The molecule has 3 aromatic rings. The van der Waals surface area contributed by atoms with Crippen LogP contribution in [0.2, 0.25) is 5.02 Å². The molecule has 4 N–H and O–H groups in total. The maximum Gasteiger partial charge on any atom is 0.250 e. The molecule has 0 saturated heterocycles. The lowest BCUT2D eigenvalue weighted by molar-refractivity contribution is 0.1000. The Morgan fingerprint density at radius 2 is 1.58 bits per heavy atom. The summed E-state index contributed by atoms with van der Waals surface area (Å²) in [6.45, 7) is 0. The fourth-order valence-corrected chi connectivity index (χ4v) is 2.38. The van der Waals surface area contributed by atoms with Crippen molar-refractivity contribution in [3.63, 3.8) is 0 Å². The molecule has 1 amide bonds. The molecule has 0 fully saturated rings. The Bertz CT molecular complexity index is 868. The van der Waals surface area contributed by atoms with Gasteiger partial charge in [0.15, 0.2) is 0 Å². The van der Waals surface area contributed by atoms with Crippen LogP contribution in [0.25, 0.3) is 0 Å². The van der Waals surface area contributed by atoms with E-state index >= 15 is 0 Å². The first-order chi connectivity index (χ1) is 11.6. The number of nitrogens with one attached hydrogen (secondary N) is 2. The Balaban J connectivity index is 1.78. The van der Waals surface area contributed by atoms with Gasteiger partial charge in [0, 0.05) is 23.3 Å². The number of carbonyl (C=O) groups excluding carboxylic acids is 1. The topological polar surface area (TPSA) is 80.0 Å². The lowest BCUT2D eigenvalue weighted by Gasteiger charge is -2.11. The number of halogens is 1. The molecule has 0 bridgehead atoms. The number of aromatic nitrogens is 1. The van der Waals surface area contributed by atoms with Crippen molar-refractivity contribution in [2.75, 3.05) is 10.6 Å². The van der Waals surface area contributed by atoms with E-state index in [0.717, 1.165) is 17.1 Å². The fraction of sp³-hybridized carbons (Fsp3) is 0. The number of nitrogens with zero attached hydrogens (tertiary/aromatic N) is 1. The van der Waals surface area contributed by atoms with Crippen LogP contribution in [0.15, 0.2) is 66.9 Å². The van der Waals surface area contributed by atoms with E-state index in [-0.39, 0.29) is 5.56 Å². The van der Waals surface area contributed by atoms with E-state index < -0.39 is 5.91 Å². The smallest absolute Gasteiger partial charge is 0.250 e. The fourth-order valence-electron chi connectivity index (χ4n) is 2.16. The van der Waals surface area contributed by atoms with Gasteiger partial charge in [0.05, 0.1) is 10.6 Å². The van der Waals surface area contributed by atoms with E-state index in [1.54, 1.807) is 0 Å². The molecule has 5 nitrogen and oxygen atoms in total. The number of amides is 1. The molecule has 2 aromatic carbocycles. The molecule has 1 heterocycles. The highest BCUT2D eigenvalue weighted by Gasteiger charge is 2.07. The highest BCUT2D eigenvalue weighted by molar-refractivity contribution is 6.33. The highest BCUT2D eigenvalue weighted by atomic mass is 35.5. The Morgan fingerprint density at radius 1 is 0.917 bits per heavy atom. The number of pyridine rings is 1. The van der Waals surface area contributed by atoms with Crippen molar-refractivity contribution in [1.82, 2.24) is 4.98 Å². The quantitative estimate of drug-likeness (QED) is 0.647. The van der Waals surface area contributed by atoms with Crippen molar-refractivity contribution >= 4 is 40.4 Å². The molecule has 0 spiro atoms. The summed E-state index contributed by atoms with van der Waals surface area (Å²) >= 11 is 6.14. The first kappa shape index (κ1) is 15.8. The number of hydrogen-bond donors (Lipinski definition) is 3. The van der Waals surface area contributed by atoms with Crippen LogP contribution in [-0.4, -0.2) is 10.9 Å². The number of nitrogens with two attached hydrogens (primary N) is 1. The van der Waals surface area contributed by atoms with Gasteiger partial charge in [-0.15, -0.1) is 0 Å². The van der Waals surface area contributed by atoms with Crippen LogP contribution in [0.5, 0.6) is 0 Å². The van der Waals surface area contributed by atoms with Gasteiger partial charge in [-0.25, -0.2) is 4.98 Å². The van der Waals surface area contributed by atoms with Gasteiger partial charge >= 0.3 is 0 Å². The van der Waals surface area contributed by atoms with Gasteiger partial charge in [0.2, 0.25) is 5.91 Å². The van der Waals surface area contributed by atoms with E-state index in [1.807, 2.05) is 54.6 Å². The minimum atomic E-state index is -0.565. The van der Waals surface area contributed by atoms with E-state index in [0.29, 0.717) is 10.8 Å². The summed E-state index contributed by atoms with van der Waals surface area (Å²) in [5, 5.41) is 6.77. The third-order valence-corrected chi connectivity index (χ3v) is 3.60. The second-order valence-corrected chi connectivity index (χ2v) is 5.52. The van der Waals surface area contributed by atoms with Crippen LogP contribution in [0.3, 0.4) is 0 Å². The van der Waals surface area contributed by atoms with Crippen LogP contribution >= 0.6 is 11.6 Å². The van der Waals surface area contributed by atoms with Gasteiger partial charge in [0.25, 0.3) is 0 Å². The summed E-state index contributed by atoms with van der Waals surface area (Å²) in [6.07, 6.45) is 1.39. The zero-order valence-corrected chi connectivity index (χ0v) is 13.4. The lowest BCUT2D eigenvalue weighted by Crippen LogP contribution is -2.11. The van der Waals surface area contributed by atoms with Gasteiger partial charge < -0.3 is 16.4 Å². The molecule has 0 unspecified atom stereocenters. The van der Waals surface area contributed by atoms with Crippen LogP contribution in [0, 0.1) is 0 Å². The van der Waals surface area contributed by atoms with Crippen molar-refractivity contribution in [2.45, 2.75) is 0 Å². The Labute approximate surface area is 144 Å². The molecule has 0 aliphatic heterocycles. The van der Waals surface area contributed by atoms with Crippen LogP contribution < -0.4 is 16.4 Å². The van der Waals surface area contributed by atoms with Gasteiger partial charge in [-0.05, 0) is 36.4 Å². The maximum absolute atomic E-state index is 11.1. The normalized spacial score (nSPS) is 10.2. The summed E-state index contributed by atoms with van der Waals surface area (Å²) in [7, 11) is 0. The molecule has 0 aliphatic rings. The standard InChI is InChI=1S/C18H15ClN4O/c19-16-9-12(17(20)24)11-21-18(16)23-15-8-4-7-14(10-15)22-13-5-2-1-3-6-13/h1-11,22H,(H2,20,24)(H,21,23). The van der Waals surface area contributed by atoms with Crippen LogP contribution in [0.1, 0.15) is 10.4 Å². The average Bonchev–Trinajstić information content (AvgIpc) is 2.58. The summed E-state index contributed by atoms with van der Waals surface area (Å²) in [5.41, 5.74) is 8.22. The number of rotatable bonds is 5. The number of anilines is 4. The Hall–Kier alpha value is -3.05. The maximum atomic E-state index is 11.1. The third kappa shape index (κ3) is 3.83. The second-order valence-electron chi connectivity index (χ2n) is 5.12. The zero-order valence-electron chi connectivity index (χ0n) is 12.7. The molecule has 0 atom stereocenters. The largest absolute Gasteiger partial charge is 0.366 e. The summed E-state index contributed by atoms with van der Waals surface area (Å²) in [6, 6.07) is 19.1. The number of primary amides is 1. The average molecular weight is 339 g/mol. The molecule has 0 radical (unpaired) electrons. The van der Waals surface area contributed by atoms with Crippen molar-refractivity contribution in [3.8, 4) is 0 Å². The summed E-state index contributed by atoms with van der Waals surface area (Å²) < 4.78 is 0. The van der Waals surface area contributed by atoms with Gasteiger partial charge in [0.1, 0.15) is 5.82 Å². The van der Waals surface area contributed by atoms with E-state index in [2.05, 4.69) is 15.6 Å².